The third-order valence-electron chi connectivity index (χ3n) is 3.52. The van der Waals surface area contributed by atoms with Gasteiger partial charge in [0.05, 0.1) is 12.3 Å². The second-order valence-corrected chi connectivity index (χ2v) is 6.25. The van der Waals surface area contributed by atoms with Crippen molar-refractivity contribution in [1.29, 1.82) is 0 Å². The van der Waals surface area contributed by atoms with E-state index in [4.69, 9.17) is 4.74 Å². The number of hydrogen-bond donors (Lipinski definition) is 1. The Balaban J connectivity index is 1.51. The van der Waals surface area contributed by atoms with Crippen molar-refractivity contribution in [3.8, 4) is 16.3 Å². The van der Waals surface area contributed by atoms with Gasteiger partial charge < -0.3 is 10.1 Å². The molecule has 3 rings (SSSR count). The van der Waals surface area contributed by atoms with Gasteiger partial charge in [0.25, 0.3) is 0 Å². The summed E-state index contributed by atoms with van der Waals surface area (Å²) >= 11 is 1.57. The van der Waals surface area contributed by atoms with Gasteiger partial charge in [0.1, 0.15) is 10.8 Å². The number of thiazole rings is 1. The fraction of sp³-hybridized carbons (Fsp3) is 0.211. The number of amides is 1. The van der Waals surface area contributed by atoms with E-state index in [1.54, 1.807) is 23.7 Å². The molecule has 0 saturated heterocycles. The number of carbonyl (C=O) groups excluding carboxylic acids is 1. The molecule has 0 radical (unpaired) electrons. The van der Waals surface area contributed by atoms with Crippen molar-refractivity contribution in [2.75, 3.05) is 11.9 Å². The monoisotopic (exact) mass is 353 g/mol. The summed E-state index contributed by atoms with van der Waals surface area (Å²) in [5.74, 6) is 0.769. The Labute approximate surface area is 150 Å². The van der Waals surface area contributed by atoms with Crippen LogP contribution >= 0.6 is 11.3 Å². The number of aryl methyl sites for hydroxylation is 1. The van der Waals surface area contributed by atoms with Gasteiger partial charge in [-0.15, -0.1) is 11.3 Å². The van der Waals surface area contributed by atoms with Crippen LogP contribution in [-0.2, 0) is 11.2 Å². The molecule has 0 aliphatic carbocycles. The van der Waals surface area contributed by atoms with Crippen molar-refractivity contribution < 1.29 is 9.53 Å². The van der Waals surface area contributed by atoms with Crippen LogP contribution < -0.4 is 10.1 Å². The standard InChI is InChI=1S/C19H19N3O2S/c1-2-24-17-8-5-15(6-9-17)21-18(23)10-7-16-13-25-19(22-16)14-4-3-11-20-12-14/h3-6,8-9,11-13H,2,7,10H2,1H3,(H,21,23). The maximum Gasteiger partial charge on any atom is 0.224 e. The fourth-order valence-electron chi connectivity index (χ4n) is 2.31. The van der Waals surface area contributed by atoms with E-state index < -0.39 is 0 Å². The largest absolute Gasteiger partial charge is 0.494 e. The SMILES string of the molecule is CCOc1ccc(NC(=O)CCc2csc(-c3cccnc3)n2)cc1. The molecule has 0 fully saturated rings. The van der Waals surface area contributed by atoms with Crippen molar-refractivity contribution >= 4 is 22.9 Å². The van der Waals surface area contributed by atoms with Gasteiger partial charge in [-0.3, -0.25) is 9.78 Å². The summed E-state index contributed by atoms with van der Waals surface area (Å²) in [6.07, 6.45) is 4.54. The molecule has 3 aromatic rings. The molecular formula is C19H19N3O2S. The highest BCUT2D eigenvalue weighted by atomic mass is 32.1. The molecule has 1 N–H and O–H groups in total. The normalized spacial score (nSPS) is 10.4. The maximum absolute atomic E-state index is 12.1. The molecule has 25 heavy (non-hydrogen) atoms. The van der Waals surface area contributed by atoms with Gasteiger partial charge in [0.2, 0.25) is 5.91 Å². The van der Waals surface area contributed by atoms with Gasteiger partial charge in [0.15, 0.2) is 0 Å². The second kappa shape index (κ2) is 8.39. The van der Waals surface area contributed by atoms with E-state index in [0.29, 0.717) is 19.4 Å². The third kappa shape index (κ3) is 4.87. The summed E-state index contributed by atoms with van der Waals surface area (Å²) in [7, 11) is 0. The molecule has 1 aromatic carbocycles. The lowest BCUT2D eigenvalue weighted by Crippen LogP contribution is -2.12. The third-order valence-corrected chi connectivity index (χ3v) is 4.46. The van der Waals surface area contributed by atoms with Crippen LogP contribution in [0.1, 0.15) is 19.0 Å². The predicted octanol–water partition coefficient (Wildman–Crippen LogP) is 4.18. The van der Waals surface area contributed by atoms with E-state index in [9.17, 15) is 4.79 Å². The summed E-state index contributed by atoms with van der Waals surface area (Å²) in [5.41, 5.74) is 2.69. The molecule has 0 aliphatic heterocycles. The first-order valence-electron chi connectivity index (χ1n) is 8.12. The van der Waals surface area contributed by atoms with Crippen LogP contribution in [0.5, 0.6) is 5.75 Å². The minimum atomic E-state index is -0.0277. The molecule has 0 unspecified atom stereocenters. The maximum atomic E-state index is 12.1. The van der Waals surface area contributed by atoms with Crippen LogP contribution in [0.25, 0.3) is 10.6 Å². The number of rotatable bonds is 7. The Bertz CT molecular complexity index is 816. The zero-order valence-corrected chi connectivity index (χ0v) is 14.8. The number of carbonyl (C=O) groups is 1. The van der Waals surface area contributed by atoms with Crippen LogP contribution in [0.4, 0.5) is 5.69 Å². The number of ether oxygens (including phenoxy) is 1. The predicted molar refractivity (Wildman–Crippen MR) is 99.9 cm³/mol. The molecule has 2 aromatic heterocycles. The molecule has 0 atom stereocenters. The average molecular weight is 353 g/mol. The Morgan fingerprint density at radius 1 is 1.24 bits per heavy atom. The Hall–Kier alpha value is -2.73. The summed E-state index contributed by atoms with van der Waals surface area (Å²) < 4.78 is 5.39. The van der Waals surface area contributed by atoms with Crippen LogP contribution in [0.15, 0.2) is 54.2 Å². The van der Waals surface area contributed by atoms with Crippen LogP contribution in [-0.4, -0.2) is 22.5 Å². The van der Waals surface area contributed by atoms with Crippen molar-refractivity contribution in [3.05, 3.63) is 59.9 Å². The number of hydrogen-bond acceptors (Lipinski definition) is 5. The van der Waals surface area contributed by atoms with Gasteiger partial charge >= 0.3 is 0 Å². The van der Waals surface area contributed by atoms with Gasteiger partial charge in [-0.25, -0.2) is 4.98 Å². The van der Waals surface area contributed by atoms with E-state index in [1.165, 1.54) is 0 Å². The van der Waals surface area contributed by atoms with Crippen molar-refractivity contribution in [2.24, 2.45) is 0 Å². The van der Waals surface area contributed by atoms with Crippen molar-refractivity contribution in [2.45, 2.75) is 19.8 Å². The van der Waals surface area contributed by atoms with E-state index in [-0.39, 0.29) is 5.91 Å². The zero-order valence-electron chi connectivity index (χ0n) is 13.9. The van der Waals surface area contributed by atoms with E-state index in [2.05, 4.69) is 15.3 Å². The topological polar surface area (TPSA) is 64.1 Å². The number of anilines is 1. The summed E-state index contributed by atoms with van der Waals surface area (Å²) in [6.45, 7) is 2.56. The van der Waals surface area contributed by atoms with Crippen LogP contribution in [0.3, 0.4) is 0 Å². The number of nitrogens with one attached hydrogen (secondary N) is 1. The molecule has 0 aliphatic rings. The Morgan fingerprint density at radius 2 is 2.08 bits per heavy atom. The fourth-order valence-corrected chi connectivity index (χ4v) is 3.15. The molecule has 0 spiro atoms. The lowest BCUT2D eigenvalue weighted by molar-refractivity contribution is -0.116. The number of nitrogens with zero attached hydrogens (tertiary/aromatic N) is 2. The lowest BCUT2D eigenvalue weighted by atomic mass is 10.2. The summed E-state index contributed by atoms with van der Waals surface area (Å²) in [5, 5.41) is 5.81. The quantitative estimate of drug-likeness (QED) is 0.692. The van der Waals surface area contributed by atoms with Crippen LogP contribution in [0, 0.1) is 0 Å². The Morgan fingerprint density at radius 3 is 2.80 bits per heavy atom. The average Bonchev–Trinajstić information content (AvgIpc) is 3.12. The first-order valence-corrected chi connectivity index (χ1v) is 9.00. The Kier molecular flexibility index (Phi) is 5.74. The molecular weight excluding hydrogens is 334 g/mol. The van der Waals surface area contributed by atoms with Gasteiger partial charge in [-0.1, -0.05) is 0 Å². The first kappa shape index (κ1) is 17.1. The minimum Gasteiger partial charge on any atom is -0.494 e. The number of aromatic nitrogens is 2. The highest BCUT2D eigenvalue weighted by molar-refractivity contribution is 7.13. The smallest absolute Gasteiger partial charge is 0.224 e. The van der Waals surface area contributed by atoms with E-state index >= 15 is 0 Å². The second-order valence-electron chi connectivity index (χ2n) is 5.39. The molecule has 128 valence electrons. The highest BCUT2D eigenvalue weighted by Crippen LogP contribution is 2.23. The molecule has 6 heteroatoms. The van der Waals surface area contributed by atoms with E-state index in [0.717, 1.165) is 27.7 Å². The van der Waals surface area contributed by atoms with Crippen molar-refractivity contribution in [1.82, 2.24) is 9.97 Å². The zero-order chi connectivity index (χ0) is 17.5. The van der Waals surface area contributed by atoms with Crippen molar-refractivity contribution in [3.63, 3.8) is 0 Å². The van der Waals surface area contributed by atoms with E-state index in [1.807, 2.05) is 48.7 Å². The number of pyridine rings is 1. The number of benzene rings is 1. The molecule has 0 saturated carbocycles. The van der Waals surface area contributed by atoms with Crippen LogP contribution in [0.2, 0.25) is 0 Å². The van der Waals surface area contributed by atoms with Gasteiger partial charge in [0, 0.05) is 35.4 Å². The summed E-state index contributed by atoms with van der Waals surface area (Å²) in [6, 6.07) is 11.2. The lowest BCUT2D eigenvalue weighted by Gasteiger charge is -2.06. The van der Waals surface area contributed by atoms with Gasteiger partial charge in [-0.05, 0) is 49.7 Å². The first-order chi connectivity index (χ1) is 12.2. The molecule has 2 heterocycles. The molecule has 1 amide bonds. The molecule has 5 nitrogen and oxygen atoms in total. The summed E-state index contributed by atoms with van der Waals surface area (Å²) in [4.78, 5) is 20.8. The minimum absolute atomic E-state index is 0.0277. The van der Waals surface area contributed by atoms with Gasteiger partial charge in [-0.2, -0.15) is 0 Å². The highest BCUT2D eigenvalue weighted by Gasteiger charge is 2.08. The molecule has 0 bridgehead atoms.